The van der Waals surface area contributed by atoms with Crippen molar-refractivity contribution in [3.05, 3.63) is 83.3 Å². The van der Waals surface area contributed by atoms with Gasteiger partial charge in [0, 0.05) is 12.1 Å². The second-order valence-electron chi connectivity index (χ2n) is 7.36. The maximum atomic E-state index is 13.0. The summed E-state index contributed by atoms with van der Waals surface area (Å²) < 4.78 is 16.0. The van der Waals surface area contributed by atoms with Gasteiger partial charge in [0.2, 0.25) is 0 Å². The Kier molecular flexibility index (Phi) is 5.93. The van der Waals surface area contributed by atoms with Crippen molar-refractivity contribution in [3.8, 4) is 5.75 Å². The molecule has 0 saturated carbocycles. The number of nitrogens with zero attached hydrogens (tertiary/aromatic N) is 2. The van der Waals surface area contributed by atoms with Gasteiger partial charge in [-0.15, -0.1) is 0 Å². The molecule has 2 aromatic carbocycles. The highest BCUT2D eigenvalue weighted by Gasteiger charge is 2.35. The van der Waals surface area contributed by atoms with Crippen molar-refractivity contribution in [3.63, 3.8) is 0 Å². The molecule has 0 fully saturated rings. The van der Waals surface area contributed by atoms with Gasteiger partial charge in [-0.2, -0.15) is 5.10 Å². The van der Waals surface area contributed by atoms with Gasteiger partial charge in [-0.25, -0.2) is 9.80 Å². The van der Waals surface area contributed by atoms with Gasteiger partial charge < -0.3 is 19.6 Å². The number of para-hydroxylation sites is 1. The lowest BCUT2D eigenvalue weighted by Gasteiger charge is -2.19. The largest absolute Gasteiger partial charge is 0.497 e. The molecular formula is C24H23N3O5. The Labute approximate surface area is 185 Å². The number of nitrogen functional groups attached to an aromatic ring is 1. The topological polar surface area (TPSA) is 107 Å². The highest BCUT2D eigenvalue weighted by Crippen LogP contribution is 2.33. The predicted octanol–water partition coefficient (Wildman–Crippen LogP) is 3.71. The molecule has 0 radical (unpaired) electrons. The minimum Gasteiger partial charge on any atom is -0.497 e. The number of aryl methyl sites for hydroxylation is 1. The van der Waals surface area contributed by atoms with Crippen LogP contribution in [0.15, 0.2) is 70.4 Å². The van der Waals surface area contributed by atoms with E-state index in [2.05, 4.69) is 5.10 Å². The number of esters is 1. The molecule has 0 bridgehead atoms. The van der Waals surface area contributed by atoms with Gasteiger partial charge in [0.15, 0.2) is 6.61 Å². The number of nitrogens with two attached hydrogens (primary N) is 1. The van der Waals surface area contributed by atoms with E-state index in [4.69, 9.17) is 19.6 Å². The Morgan fingerprint density at radius 2 is 1.94 bits per heavy atom. The summed E-state index contributed by atoms with van der Waals surface area (Å²) in [5.41, 5.74) is 8.86. The van der Waals surface area contributed by atoms with Crippen LogP contribution in [0.5, 0.6) is 5.75 Å². The van der Waals surface area contributed by atoms with Gasteiger partial charge in [0.1, 0.15) is 17.6 Å². The van der Waals surface area contributed by atoms with E-state index in [1.54, 1.807) is 50.6 Å². The average molecular weight is 433 g/mol. The van der Waals surface area contributed by atoms with Crippen molar-refractivity contribution in [1.82, 2.24) is 5.01 Å². The SMILES string of the molecule is COc1ccc(C2=NN(C(=O)COC(=O)c3cccc(C)c3N)C(c3ccco3)C2)cc1. The summed E-state index contributed by atoms with van der Waals surface area (Å²) in [6, 6.07) is 15.6. The molecule has 4 rings (SSSR count). The van der Waals surface area contributed by atoms with Gasteiger partial charge >= 0.3 is 5.97 Å². The summed E-state index contributed by atoms with van der Waals surface area (Å²) in [5, 5.41) is 5.83. The van der Waals surface area contributed by atoms with Crippen LogP contribution >= 0.6 is 0 Å². The zero-order valence-electron chi connectivity index (χ0n) is 17.8. The highest BCUT2D eigenvalue weighted by atomic mass is 16.5. The molecular weight excluding hydrogens is 410 g/mol. The average Bonchev–Trinajstić information content (AvgIpc) is 3.49. The molecule has 32 heavy (non-hydrogen) atoms. The lowest BCUT2D eigenvalue weighted by atomic mass is 10.0. The number of benzene rings is 2. The molecule has 8 nitrogen and oxygen atoms in total. The number of hydrogen-bond donors (Lipinski definition) is 1. The number of rotatable bonds is 6. The maximum absolute atomic E-state index is 13.0. The maximum Gasteiger partial charge on any atom is 0.340 e. The fourth-order valence-electron chi connectivity index (χ4n) is 3.53. The van der Waals surface area contributed by atoms with Crippen molar-refractivity contribution in [2.75, 3.05) is 19.5 Å². The highest BCUT2D eigenvalue weighted by molar-refractivity contribution is 6.03. The molecule has 0 spiro atoms. The summed E-state index contributed by atoms with van der Waals surface area (Å²) in [4.78, 5) is 25.4. The van der Waals surface area contributed by atoms with Crippen LogP contribution in [0.1, 0.15) is 39.7 Å². The molecule has 164 valence electrons. The van der Waals surface area contributed by atoms with E-state index in [0.29, 0.717) is 17.9 Å². The van der Waals surface area contributed by atoms with Crippen LogP contribution < -0.4 is 10.5 Å². The Hall–Kier alpha value is -4.07. The quantitative estimate of drug-likeness (QED) is 0.469. The molecule has 8 heteroatoms. The molecule has 1 aliphatic rings. The first-order valence-corrected chi connectivity index (χ1v) is 10.1. The third-order valence-corrected chi connectivity index (χ3v) is 5.33. The summed E-state index contributed by atoms with van der Waals surface area (Å²) >= 11 is 0. The van der Waals surface area contributed by atoms with Crippen LogP contribution in [0.4, 0.5) is 5.69 Å². The Morgan fingerprint density at radius 3 is 2.62 bits per heavy atom. The van der Waals surface area contributed by atoms with Gasteiger partial charge in [0.25, 0.3) is 5.91 Å². The molecule has 1 atom stereocenters. The van der Waals surface area contributed by atoms with Crippen LogP contribution in [0.25, 0.3) is 0 Å². The Morgan fingerprint density at radius 1 is 1.16 bits per heavy atom. The van der Waals surface area contributed by atoms with E-state index in [-0.39, 0.29) is 5.56 Å². The van der Waals surface area contributed by atoms with Gasteiger partial charge in [0.05, 0.1) is 24.6 Å². The summed E-state index contributed by atoms with van der Waals surface area (Å²) in [5.74, 6) is 0.201. The van der Waals surface area contributed by atoms with Crippen molar-refractivity contribution in [2.45, 2.75) is 19.4 Å². The summed E-state index contributed by atoms with van der Waals surface area (Å²) in [7, 11) is 1.60. The molecule has 2 N–H and O–H groups in total. The molecule has 1 unspecified atom stereocenters. The van der Waals surface area contributed by atoms with Crippen LogP contribution in [0.3, 0.4) is 0 Å². The van der Waals surface area contributed by atoms with Crippen molar-refractivity contribution in [1.29, 1.82) is 0 Å². The normalized spacial score (nSPS) is 15.4. The zero-order chi connectivity index (χ0) is 22.7. The molecule has 1 amide bonds. The Balaban J connectivity index is 1.52. The van der Waals surface area contributed by atoms with E-state index >= 15 is 0 Å². The second-order valence-corrected chi connectivity index (χ2v) is 7.36. The molecule has 1 aliphatic heterocycles. The fraction of sp³-hybridized carbons (Fsp3) is 0.208. The van der Waals surface area contributed by atoms with Crippen molar-refractivity contribution < 1.29 is 23.5 Å². The van der Waals surface area contributed by atoms with Crippen molar-refractivity contribution in [2.24, 2.45) is 5.10 Å². The number of anilines is 1. The molecule has 0 aliphatic carbocycles. The summed E-state index contributed by atoms with van der Waals surface area (Å²) in [6.45, 7) is 1.33. The molecule has 2 heterocycles. The van der Waals surface area contributed by atoms with Crippen LogP contribution in [-0.4, -0.2) is 36.3 Å². The van der Waals surface area contributed by atoms with Gasteiger partial charge in [-0.3, -0.25) is 4.79 Å². The van der Waals surface area contributed by atoms with Crippen LogP contribution in [0, 0.1) is 6.92 Å². The van der Waals surface area contributed by atoms with Crippen LogP contribution in [0.2, 0.25) is 0 Å². The van der Waals surface area contributed by atoms with Gasteiger partial charge in [-0.05, 0) is 60.5 Å². The third kappa shape index (κ3) is 4.20. The van der Waals surface area contributed by atoms with Crippen molar-refractivity contribution >= 4 is 23.3 Å². The lowest BCUT2D eigenvalue weighted by Crippen LogP contribution is -2.31. The van der Waals surface area contributed by atoms with E-state index < -0.39 is 24.5 Å². The number of hydrazone groups is 1. The second kappa shape index (κ2) is 8.97. The number of ether oxygens (including phenoxy) is 2. The molecule has 0 saturated heterocycles. The molecule has 1 aromatic heterocycles. The minimum absolute atomic E-state index is 0.226. The zero-order valence-corrected chi connectivity index (χ0v) is 17.8. The lowest BCUT2D eigenvalue weighted by molar-refractivity contribution is -0.136. The number of carbonyl (C=O) groups is 2. The first kappa shape index (κ1) is 21.2. The van der Waals surface area contributed by atoms with E-state index in [1.807, 2.05) is 24.3 Å². The number of hydrogen-bond acceptors (Lipinski definition) is 7. The fourth-order valence-corrected chi connectivity index (χ4v) is 3.53. The smallest absolute Gasteiger partial charge is 0.340 e. The van der Waals surface area contributed by atoms with E-state index in [9.17, 15) is 9.59 Å². The first-order valence-electron chi connectivity index (χ1n) is 10.1. The first-order chi connectivity index (χ1) is 15.5. The van der Waals surface area contributed by atoms with Gasteiger partial charge in [-0.1, -0.05) is 12.1 Å². The monoisotopic (exact) mass is 433 g/mol. The third-order valence-electron chi connectivity index (χ3n) is 5.33. The number of methoxy groups -OCH3 is 1. The van der Waals surface area contributed by atoms with E-state index in [1.165, 1.54) is 5.01 Å². The van der Waals surface area contributed by atoms with Crippen LogP contribution in [-0.2, 0) is 9.53 Å². The predicted molar refractivity (Wildman–Crippen MR) is 118 cm³/mol. The molecule has 3 aromatic rings. The number of furan rings is 1. The summed E-state index contributed by atoms with van der Waals surface area (Å²) in [6.07, 6.45) is 2.01. The van der Waals surface area contributed by atoms with E-state index in [0.717, 1.165) is 22.6 Å². The standard InChI is InChI=1S/C24H23N3O5/c1-15-5-3-6-18(23(15)25)24(29)32-14-22(28)27-20(21-7-4-12-31-21)13-19(26-27)16-8-10-17(30-2)11-9-16/h3-12,20H,13-14,25H2,1-2H3. The number of carbonyl (C=O) groups excluding carboxylic acids is 2. The minimum atomic E-state index is -0.660. The Bertz CT molecular complexity index is 1150. The number of amides is 1.